The van der Waals surface area contributed by atoms with E-state index in [1.54, 1.807) is 6.92 Å². The first kappa shape index (κ1) is 16.0. The van der Waals surface area contributed by atoms with Gasteiger partial charge in [0.1, 0.15) is 5.03 Å². The second kappa shape index (κ2) is 6.92. The number of hydrogen-bond acceptors (Lipinski definition) is 6. The average Bonchev–Trinajstić information content (AvgIpc) is 2.35. The van der Waals surface area contributed by atoms with E-state index in [-0.39, 0.29) is 16.7 Å². The fourth-order valence-corrected chi connectivity index (χ4v) is 1.93. The Labute approximate surface area is 112 Å². The predicted octanol–water partition coefficient (Wildman–Crippen LogP) is 1.37. The molecular formula is C10H14F3N3O2S. The molecule has 1 unspecified atom stereocenters. The quantitative estimate of drug-likeness (QED) is 0.544. The Kier molecular flexibility index (Phi) is 5.83. The first-order valence-corrected chi connectivity index (χ1v) is 6.47. The lowest BCUT2D eigenvalue weighted by Gasteiger charge is -2.11. The predicted molar refractivity (Wildman–Crippen MR) is 65.0 cm³/mol. The van der Waals surface area contributed by atoms with Gasteiger partial charge in [0.15, 0.2) is 5.69 Å². The lowest BCUT2D eigenvalue weighted by Crippen LogP contribution is -2.16. The molecule has 3 N–H and O–H groups in total. The molecule has 0 radical (unpaired) electrons. The molecule has 0 amide bonds. The summed E-state index contributed by atoms with van der Waals surface area (Å²) in [7, 11) is 0. The standard InChI is InChI=1S/C10H14F3N3O2S/c1-2-14-9-15-7(10(11,12)13)3-8(16-9)19-5-6(18)4-17/h3,6,17-18H,2,4-5H2,1H3,(H,14,15,16). The van der Waals surface area contributed by atoms with Crippen molar-refractivity contribution in [2.24, 2.45) is 0 Å². The number of alkyl halides is 3. The van der Waals surface area contributed by atoms with E-state index in [0.717, 1.165) is 17.8 Å². The van der Waals surface area contributed by atoms with E-state index in [1.807, 2.05) is 0 Å². The van der Waals surface area contributed by atoms with Crippen LogP contribution in [0.25, 0.3) is 0 Å². The van der Waals surface area contributed by atoms with Crippen LogP contribution in [0.2, 0.25) is 0 Å². The number of aromatic nitrogens is 2. The number of nitrogens with one attached hydrogen (secondary N) is 1. The number of nitrogens with zero attached hydrogens (tertiary/aromatic N) is 2. The number of rotatable bonds is 6. The summed E-state index contributed by atoms with van der Waals surface area (Å²) in [5.41, 5.74) is -1.04. The largest absolute Gasteiger partial charge is 0.433 e. The lowest BCUT2D eigenvalue weighted by atomic mass is 10.4. The van der Waals surface area contributed by atoms with Crippen molar-refractivity contribution in [3.8, 4) is 0 Å². The van der Waals surface area contributed by atoms with Gasteiger partial charge in [0.2, 0.25) is 5.95 Å². The van der Waals surface area contributed by atoms with E-state index in [4.69, 9.17) is 10.2 Å². The van der Waals surface area contributed by atoms with Crippen molar-refractivity contribution < 1.29 is 23.4 Å². The number of aliphatic hydroxyl groups excluding tert-OH is 2. The first-order chi connectivity index (χ1) is 8.86. The minimum Gasteiger partial charge on any atom is -0.394 e. The molecule has 0 aliphatic carbocycles. The number of halogens is 3. The number of hydrogen-bond donors (Lipinski definition) is 3. The monoisotopic (exact) mass is 297 g/mol. The number of anilines is 1. The fraction of sp³-hybridized carbons (Fsp3) is 0.600. The fourth-order valence-electron chi connectivity index (χ4n) is 1.12. The molecule has 1 atom stereocenters. The molecule has 5 nitrogen and oxygen atoms in total. The number of thioether (sulfide) groups is 1. The van der Waals surface area contributed by atoms with Gasteiger partial charge in [0.25, 0.3) is 0 Å². The maximum Gasteiger partial charge on any atom is 0.433 e. The molecule has 108 valence electrons. The molecule has 0 saturated heterocycles. The van der Waals surface area contributed by atoms with E-state index in [0.29, 0.717) is 6.54 Å². The molecule has 0 saturated carbocycles. The normalized spacial score (nSPS) is 13.4. The second-order valence-electron chi connectivity index (χ2n) is 3.59. The molecule has 0 aromatic carbocycles. The Bertz CT molecular complexity index is 417. The summed E-state index contributed by atoms with van der Waals surface area (Å²) < 4.78 is 37.9. The molecule has 1 heterocycles. The van der Waals surface area contributed by atoms with Crippen LogP contribution in [0.1, 0.15) is 12.6 Å². The highest BCUT2D eigenvalue weighted by Crippen LogP contribution is 2.30. The minimum atomic E-state index is -4.56. The third-order valence-corrected chi connectivity index (χ3v) is 3.02. The Hall–Kier alpha value is -1.06. The van der Waals surface area contributed by atoms with E-state index < -0.39 is 24.6 Å². The third-order valence-electron chi connectivity index (χ3n) is 1.96. The molecule has 9 heteroatoms. The van der Waals surface area contributed by atoms with Gasteiger partial charge in [-0.05, 0) is 6.92 Å². The molecular weight excluding hydrogens is 283 g/mol. The van der Waals surface area contributed by atoms with Crippen LogP contribution in [-0.4, -0.2) is 45.2 Å². The minimum absolute atomic E-state index is 0.0520. The van der Waals surface area contributed by atoms with E-state index in [2.05, 4.69) is 15.3 Å². The van der Waals surface area contributed by atoms with Crippen molar-refractivity contribution >= 4 is 17.7 Å². The first-order valence-electron chi connectivity index (χ1n) is 5.48. The maximum absolute atomic E-state index is 12.6. The highest BCUT2D eigenvalue weighted by molar-refractivity contribution is 7.99. The third kappa shape index (κ3) is 5.21. The van der Waals surface area contributed by atoms with Crippen LogP contribution >= 0.6 is 11.8 Å². The van der Waals surface area contributed by atoms with Crippen molar-refractivity contribution in [3.05, 3.63) is 11.8 Å². The Balaban J connectivity index is 2.93. The van der Waals surface area contributed by atoms with Crippen LogP contribution in [0.5, 0.6) is 0 Å². The van der Waals surface area contributed by atoms with Crippen LogP contribution in [0, 0.1) is 0 Å². The molecule has 1 aromatic rings. The Morgan fingerprint density at radius 3 is 2.63 bits per heavy atom. The summed E-state index contributed by atoms with van der Waals surface area (Å²) in [5, 5.41) is 20.5. The molecule has 1 aromatic heterocycles. The summed E-state index contributed by atoms with van der Waals surface area (Å²) in [6.45, 7) is 1.65. The highest BCUT2D eigenvalue weighted by atomic mass is 32.2. The van der Waals surface area contributed by atoms with Crippen molar-refractivity contribution in [1.29, 1.82) is 0 Å². The molecule has 0 aliphatic heterocycles. The second-order valence-corrected chi connectivity index (χ2v) is 4.63. The average molecular weight is 297 g/mol. The van der Waals surface area contributed by atoms with Crippen LogP contribution in [0.15, 0.2) is 11.1 Å². The summed E-state index contributed by atoms with van der Waals surface area (Å²) in [6.07, 6.45) is -5.56. The zero-order valence-corrected chi connectivity index (χ0v) is 10.9. The molecule has 19 heavy (non-hydrogen) atoms. The van der Waals surface area contributed by atoms with Gasteiger partial charge in [0.05, 0.1) is 12.7 Å². The molecule has 0 spiro atoms. The van der Waals surface area contributed by atoms with Gasteiger partial charge in [-0.15, -0.1) is 11.8 Å². The van der Waals surface area contributed by atoms with E-state index in [1.165, 1.54) is 0 Å². The molecule has 0 bridgehead atoms. The molecule has 1 rings (SSSR count). The van der Waals surface area contributed by atoms with Crippen LogP contribution < -0.4 is 5.32 Å². The number of aliphatic hydroxyl groups is 2. The van der Waals surface area contributed by atoms with Gasteiger partial charge < -0.3 is 15.5 Å². The summed E-state index contributed by atoms with van der Waals surface area (Å²) in [4.78, 5) is 7.26. The highest BCUT2D eigenvalue weighted by Gasteiger charge is 2.33. The van der Waals surface area contributed by atoms with Crippen LogP contribution in [0.3, 0.4) is 0 Å². The van der Waals surface area contributed by atoms with Crippen molar-refractivity contribution in [1.82, 2.24) is 9.97 Å². The Morgan fingerprint density at radius 1 is 1.42 bits per heavy atom. The van der Waals surface area contributed by atoms with E-state index in [9.17, 15) is 13.2 Å². The smallest absolute Gasteiger partial charge is 0.394 e. The van der Waals surface area contributed by atoms with Gasteiger partial charge in [-0.25, -0.2) is 9.97 Å². The summed E-state index contributed by atoms with van der Waals surface area (Å²) in [5.74, 6) is -0.0607. The zero-order chi connectivity index (χ0) is 14.5. The lowest BCUT2D eigenvalue weighted by molar-refractivity contribution is -0.141. The van der Waals surface area contributed by atoms with Crippen molar-refractivity contribution in [2.75, 3.05) is 24.2 Å². The van der Waals surface area contributed by atoms with Crippen LogP contribution in [0.4, 0.5) is 19.1 Å². The summed E-state index contributed by atoms with van der Waals surface area (Å²) >= 11 is 0.922. The van der Waals surface area contributed by atoms with E-state index >= 15 is 0 Å². The maximum atomic E-state index is 12.6. The van der Waals surface area contributed by atoms with Gasteiger partial charge >= 0.3 is 6.18 Å². The van der Waals surface area contributed by atoms with Gasteiger partial charge in [-0.1, -0.05) is 0 Å². The molecule has 0 fully saturated rings. The van der Waals surface area contributed by atoms with Crippen molar-refractivity contribution in [3.63, 3.8) is 0 Å². The van der Waals surface area contributed by atoms with Crippen LogP contribution in [-0.2, 0) is 6.18 Å². The Morgan fingerprint density at radius 2 is 2.11 bits per heavy atom. The van der Waals surface area contributed by atoms with Gasteiger partial charge in [-0.2, -0.15) is 13.2 Å². The topological polar surface area (TPSA) is 78.3 Å². The van der Waals surface area contributed by atoms with Crippen molar-refractivity contribution in [2.45, 2.75) is 24.2 Å². The molecule has 0 aliphatic rings. The zero-order valence-electron chi connectivity index (χ0n) is 10.1. The SMILES string of the molecule is CCNc1nc(SCC(O)CO)cc(C(F)(F)F)n1. The van der Waals surface area contributed by atoms with Gasteiger partial charge in [-0.3, -0.25) is 0 Å². The summed E-state index contributed by atoms with van der Waals surface area (Å²) in [6, 6.07) is 0.815. The van der Waals surface area contributed by atoms with Gasteiger partial charge in [0, 0.05) is 18.4 Å².